The number of nitrogens with zero attached hydrogens (tertiary/aromatic N) is 2. The van der Waals surface area contributed by atoms with E-state index in [9.17, 15) is 9.59 Å². The Labute approximate surface area is 143 Å². The lowest BCUT2D eigenvalue weighted by atomic mass is 10.0. The van der Waals surface area contributed by atoms with E-state index in [1.807, 2.05) is 37.8 Å². The van der Waals surface area contributed by atoms with Crippen molar-refractivity contribution >= 4 is 18.1 Å². The first-order valence-corrected chi connectivity index (χ1v) is 8.70. The van der Waals surface area contributed by atoms with Gasteiger partial charge in [0.05, 0.1) is 0 Å². The van der Waals surface area contributed by atoms with Crippen LogP contribution in [0.25, 0.3) is 0 Å². The Balaban J connectivity index is 1.61. The van der Waals surface area contributed by atoms with Crippen LogP contribution in [0.4, 0.5) is 10.5 Å². The third kappa shape index (κ3) is 3.55. The number of hydrogen-bond acceptors (Lipinski definition) is 4. The average Bonchev–Trinajstić information content (AvgIpc) is 2.96. The van der Waals surface area contributed by atoms with Crippen LogP contribution < -0.4 is 4.90 Å². The Hall–Kier alpha value is -2.04. The summed E-state index contributed by atoms with van der Waals surface area (Å²) in [7, 11) is 0. The minimum Gasteiger partial charge on any atom is -0.444 e. The molecule has 0 unspecified atom stereocenters. The zero-order valence-corrected chi connectivity index (χ0v) is 14.7. The van der Waals surface area contributed by atoms with Gasteiger partial charge >= 0.3 is 6.09 Å². The molecule has 2 aliphatic heterocycles. The highest BCUT2D eigenvalue weighted by Gasteiger charge is 2.32. The van der Waals surface area contributed by atoms with Gasteiger partial charge in [-0.25, -0.2) is 4.79 Å². The van der Waals surface area contributed by atoms with Crippen LogP contribution in [0.2, 0.25) is 0 Å². The van der Waals surface area contributed by atoms with Crippen molar-refractivity contribution in [3.63, 3.8) is 0 Å². The highest BCUT2D eigenvalue weighted by molar-refractivity contribution is 5.77. The predicted octanol–water partition coefficient (Wildman–Crippen LogP) is 3.26. The fraction of sp³-hybridized carbons (Fsp3) is 0.579. The lowest BCUT2D eigenvalue weighted by Crippen LogP contribution is -2.47. The first-order valence-electron chi connectivity index (χ1n) is 8.70. The van der Waals surface area contributed by atoms with Gasteiger partial charge < -0.3 is 14.5 Å². The zero-order valence-electron chi connectivity index (χ0n) is 14.7. The number of carbonyl (C=O) groups excluding carboxylic acids is 2. The number of piperidine rings is 1. The molecule has 5 nitrogen and oxygen atoms in total. The molecule has 3 rings (SSSR count). The zero-order chi connectivity index (χ0) is 17.3. The van der Waals surface area contributed by atoms with Gasteiger partial charge in [0, 0.05) is 36.9 Å². The van der Waals surface area contributed by atoms with Crippen molar-refractivity contribution in [1.29, 1.82) is 0 Å². The number of amides is 1. The van der Waals surface area contributed by atoms with Gasteiger partial charge in [-0.2, -0.15) is 0 Å². The van der Waals surface area contributed by atoms with Crippen molar-refractivity contribution in [2.24, 2.45) is 0 Å². The summed E-state index contributed by atoms with van der Waals surface area (Å²) >= 11 is 0. The maximum atomic E-state index is 12.2. The Morgan fingerprint density at radius 1 is 1.21 bits per heavy atom. The van der Waals surface area contributed by atoms with Gasteiger partial charge in [0.15, 0.2) is 0 Å². The fourth-order valence-electron chi connectivity index (χ4n) is 3.59. The van der Waals surface area contributed by atoms with Crippen LogP contribution in [0.5, 0.6) is 0 Å². The fourth-order valence-corrected chi connectivity index (χ4v) is 3.59. The van der Waals surface area contributed by atoms with E-state index in [0.29, 0.717) is 6.04 Å². The molecule has 0 saturated carbocycles. The largest absolute Gasteiger partial charge is 0.444 e. The summed E-state index contributed by atoms with van der Waals surface area (Å²) in [5.74, 6) is 0. The number of hydrogen-bond donors (Lipinski definition) is 0. The summed E-state index contributed by atoms with van der Waals surface area (Å²) in [6.45, 7) is 8.15. The van der Waals surface area contributed by atoms with Crippen LogP contribution in [-0.4, -0.2) is 48.6 Å². The Morgan fingerprint density at radius 3 is 2.54 bits per heavy atom. The molecule has 0 atom stereocenters. The first-order chi connectivity index (χ1) is 11.4. The third-order valence-corrected chi connectivity index (χ3v) is 4.73. The smallest absolute Gasteiger partial charge is 0.410 e. The number of rotatable bonds is 2. The Morgan fingerprint density at radius 2 is 1.92 bits per heavy atom. The second-order valence-electron chi connectivity index (χ2n) is 7.65. The molecule has 1 amide bonds. The van der Waals surface area contributed by atoms with Gasteiger partial charge in [-0.3, -0.25) is 4.79 Å². The van der Waals surface area contributed by atoms with Gasteiger partial charge in [-0.05, 0) is 63.8 Å². The normalized spacial score (nSPS) is 18.5. The number of aldehydes is 1. The van der Waals surface area contributed by atoms with Crippen molar-refractivity contribution in [2.75, 3.05) is 24.5 Å². The molecule has 0 spiro atoms. The quantitative estimate of drug-likeness (QED) is 0.781. The number of ether oxygens (including phenoxy) is 1. The minimum absolute atomic E-state index is 0.210. The minimum atomic E-state index is -0.446. The molecule has 1 aromatic carbocycles. The van der Waals surface area contributed by atoms with Crippen LogP contribution in [0, 0.1) is 0 Å². The number of benzene rings is 1. The number of likely N-dealkylation sites (tertiary alicyclic amines) is 1. The van der Waals surface area contributed by atoms with Crippen molar-refractivity contribution in [3.05, 3.63) is 29.3 Å². The molecule has 1 fully saturated rings. The van der Waals surface area contributed by atoms with E-state index in [-0.39, 0.29) is 6.09 Å². The van der Waals surface area contributed by atoms with Crippen molar-refractivity contribution in [3.8, 4) is 0 Å². The van der Waals surface area contributed by atoms with Gasteiger partial charge in [0.25, 0.3) is 0 Å². The van der Waals surface area contributed by atoms with Crippen molar-refractivity contribution in [1.82, 2.24) is 4.90 Å². The average molecular weight is 330 g/mol. The summed E-state index contributed by atoms with van der Waals surface area (Å²) in [5.41, 5.74) is 2.80. The lowest BCUT2D eigenvalue weighted by Gasteiger charge is -2.38. The summed E-state index contributed by atoms with van der Waals surface area (Å²) in [5, 5.41) is 0. The van der Waals surface area contributed by atoms with E-state index in [1.54, 1.807) is 0 Å². The van der Waals surface area contributed by atoms with Gasteiger partial charge in [0.1, 0.15) is 11.9 Å². The molecule has 0 aliphatic carbocycles. The molecule has 0 aromatic heterocycles. The molecule has 1 saturated heterocycles. The first kappa shape index (κ1) is 16.8. The Bertz CT molecular complexity index is 628. The SMILES string of the molecule is CC(C)(C)OC(=O)N1CCC(N2CCc3cc(C=O)ccc32)CC1. The number of carbonyl (C=O) groups is 2. The van der Waals surface area contributed by atoms with Gasteiger partial charge in [0.2, 0.25) is 0 Å². The van der Waals surface area contributed by atoms with Crippen molar-refractivity contribution in [2.45, 2.75) is 51.7 Å². The van der Waals surface area contributed by atoms with Crippen LogP contribution in [0.1, 0.15) is 49.5 Å². The monoisotopic (exact) mass is 330 g/mol. The summed E-state index contributed by atoms with van der Waals surface area (Å²) in [6, 6.07) is 6.40. The summed E-state index contributed by atoms with van der Waals surface area (Å²) < 4.78 is 5.46. The number of fused-ring (bicyclic) bond motifs is 1. The molecule has 130 valence electrons. The molecule has 0 N–H and O–H groups in total. The predicted molar refractivity (Wildman–Crippen MR) is 93.7 cm³/mol. The van der Waals surface area contributed by atoms with E-state index in [4.69, 9.17) is 4.74 Å². The molecule has 1 aromatic rings. The van der Waals surface area contributed by atoms with E-state index in [0.717, 1.165) is 50.7 Å². The molecule has 24 heavy (non-hydrogen) atoms. The van der Waals surface area contributed by atoms with Gasteiger partial charge in [-0.1, -0.05) is 0 Å². The second kappa shape index (κ2) is 6.46. The van der Waals surface area contributed by atoms with Crippen LogP contribution in [0.15, 0.2) is 18.2 Å². The highest BCUT2D eigenvalue weighted by Crippen LogP contribution is 2.33. The molecule has 2 heterocycles. The van der Waals surface area contributed by atoms with Crippen LogP contribution in [0.3, 0.4) is 0 Å². The summed E-state index contributed by atoms with van der Waals surface area (Å²) in [6.07, 6.45) is 3.59. The standard InChI is InChI=1S/C19H26N2O3/c1-19(2,3)24-18(23)20-9-7-16(8-10-20)21-11-6-15-12-14(13-22)4-5-17(15)21/h4-5,12-13,16H,6-11H2,1-3H3. The van der Waals surface area contributed by atoms with E-state index in [2.05, 4.69) is 11.0 Å². The van der Waals surface area contributed by atoms with Crippen LogP contribution in [-0.2, 0) is 11.2 Å². The molecular weight excluding hydrogens is 304 g/mol. The third-order valence-electron chi connectivity index (χ3n) is 4.73. The van der Waals surface area contributed by atoms with Gasteiger partial charge in [-0.15, -0.1) is 0 Å². The highest BCUT2D eigenvalue weighted by atomic mass is 16.6. The van der Waals surface area contributed by atoms with E-state index in [1.165, 1.54) is 11.3 Å². The number of anilines is 1. The van der Waals surface area contributed by atoms with Crippen LogP contribution >= 0.6 is 0 Å². The molecule has 0 bridgehead atoms. The maximum absolute atomic E-state index is 12.2. The van der Waals surface area contributed by atoms with E-state index >= 15 is 0 Å². The topological polar surface area (TPSA) is 49.9 Å². The van der Waals surface area contributed by atoms with E-state index < -0.39 is 5.60 Å². The Kier molecular flexibility index (Phi) is 4.52. The van der Waals surface area contributed by atoms with Crippen molar-refractivity contribution < 1.29 is 14.3 Å². The molecule has 0 radical (unpaired) electrons. The lowest BCUT2D eigenvalue weighted by molar-refractivity contribution is 0.0205. The summed E-state index contributed by atoms with van der Waals surface area (Å²) in [4.78, 5) is 27.3. The molecule has 5 heteroatoms. The molecule has 2 aliphatic rings. The molecular formula is C19H26N2O3. The second-order valence-corrected chi connectivity index (χ2v) is 7.65. The maximum Gasteiger partial charge on any atom is 0.410 e.